The predicted molar refractivity (Wildman–Crippen MR) is 73.3 cm³/mol. The second kappa shape index (κ2) is 3.85. The maximum Gasteiger partial charge on any atom is 0.0711 e. The molecule has 2 aromatic carbocycles. The number of hydrogen-bond donors (Lipinski definition) is 0. The first-order chi connectivity index (χ1) is 8.25. The van der Waals surface area contributed by atoms with Crippen LogP contribution in [0, 0.1) is 0 Å². The van der Waals surface area contributed by atoms with E-state index in [-0.39, 0.29) is 0 Å². The molecule has 0 atom stereocenters. The third kappa shape index (κ3) is 1.68. The van der Waals surface area contributed by atoms with Crippen molar-refractivity contribution in [2.75, 3.05) is 0 Å². The molecule has 0 spiro atoms. The van der Waals surface area contributed by atoms with Gasteiger partial charge in [0.15, 0.2) is 0 Å². The zero-order chi connectivity index (χ0) is 11.8. The van der Waals surface area contributed by atoms with Crippen molar-refractivity contribution in [3.8, 4) is 0 Å². The number of rotatable bonds is 1. The fraction of sp³-hybridized carbons (Fsp3) is 0.188. The summed E-state index contributed by atoms with van der Waals surface area (Å²) < 4.78 is 0. The summed E-state index contributed by atoms with van der Waals surface area (Å²) in [6.07, 6.45) is 0. The Kier molecular flexibility index (Phi) is 2.32. The molecule has 0 aliphatic carbocycles. The highest BCUT2D eigenvalue weighted by Crippen LogP contribution is 2.25. The summed E-state index contributed by atoms with van der Waals surface area (Å²) in [4.78, 5) is 4.72. The summed E-state index contributed by atoms with van der Waals surface area (Å²) in [5, 5.41) is 3.81. The molecule has 0 aliphatic heterocycles. The second-order valence-corrected chi connectivity index (χ2v) is 4.74. The van der Waals surface area contributed by atoms with Crippen molar-refractivity contribution in [2.45, 2.75) is 19.8 Å². The van der Waals surface area contributed by atoms with Crippen molar-refractivity contribution in [1.29, 1.82) is 0 Å². The Morgan fingerprint density at radius 3 is 2.47 bits per heavy atom. The van der Waals surface area contributed by atoms with Crippen molar-refractivity contribution in [2.24, 2.45) is 0 Å². The van der Waals surface area contributed by atoms with Gasteiger partial charge in [-0.2, -0.15) is 0 Å². The van der Waals surface area contributed by atoms with E-state index in [0.29, 0.717) is 5.92 Å². The average Bonchev–Trinajstić information content (AvgIpc) is 2.38. The molecule has 17 heavy (non-hydrogen) atoms. The molecular weight excluding hydrogens is 206 g/mol. The molecule has 0 radical (unpaired) electrons. The van der Waals surface area contributed by atoms with Crippen LogP contribution in [0.5, 0.6) is 0 Å². The average molecular weight is 221 g/mol. The van der Waals surface area contributed by atoms with E-state index >= 15 is 0 Å². The molecule has 1 heterocycles. The summed E-state index contributed by atoms with van der Waals surface area (Å²) in [5.74, 6) is 0.478. The minimum absolute atomic E-state index is 0.478. The second-order valence-electron chi connectivity index (χ2n) is 4.74. The first-order valence-corrected chi connectivity index (χ1v) is 6.04. The smallest absolute Gasteiger partial charge is 0.0711 e. The molecule has 0 fully saturated rings. The molecule has 0 amide bonds. The number of nitrogens with zero attached hydrogens (tertiary/aromatic N) is 1. The third-order valence-corrected chi connectivity index (χ3v) is 3.21. The molecule has 0 saturated carbocycles. The van der Waals surface area contributed by atoms with Gasteiger partial charge in [-0.15, -0.1) is 0 Å². The van der Waals surface area contributed by atoms with Crippen LogP contribution in [-0.4, -0.2) is 4.98 Å². The molecule has 3 aromatic rings. The van der Waals surface area contributed by atoms with Gasteiger partial charge in [0.1, 0.15) is 0 Å². The molecule has 1 heteroatoms. The number of pyridine rings is 1. The highest BCUT2D eigenvalue weighted by atomic mass is 14.7. The van der Waals surface area contributed by atoms with Crippen LogP contribution in [0.25, 0.3) is 21.7 Å². The van der Waals surface area contributed by atoms with Crippen LogP contribution < -0.4 is 0 Å². The van der Waals surface area contributed by atoms with Gasteiger partial charge in [0, 0.05) is 11.1 Å². The van der Waals surface area contributed by atoms with Gasteiger partial charge in [0.25, 0.3) is 0 Å². The highest BCUT2D eigenvalue weighted by molar-refractivity contribution is 6.05. The fourth-order valence-corrected chi connectivity index (χ4v) is 2.22. The van der Waals surface area contributed by atoms with E-state index < -0.39 is 0 Å². The van der Waals surface area contributed by atoms with E-state index in [9.17, 15) is 0 Å². The summed E-state index contributed by atoms with van der Waals surface area (Å²) >= 11 is 0. The van der Waals surface area contributed by atoms with Crippen LogP contribution in [0.3, 0.4) is 0 Å². The van der Waals surface area contributed by atoms with Gasteiger partial charge in [-0.25, -0.2) is 0 Å². The molecule has 3 rings (SSSR count). The molecule has 1 nitrogen and oxygen atoms in total. The van der Waals surface area contributed by atoms with E-state index in [1.807, 2.05) is 0 Å². The quantitative estimate of drug-likeness (QED) is 0.551. The largest absolute Gasteiger partial charge is 0.253 e. The lowest BCUT2D eigenvalue weighted by Gasteiger charge is -2.07. The number of benzene rings is 2. The molecule has 0 bridgehead atoms. The number of hydrogen-bond acceptors (Lipinski definition) is 1. The summed E-state index contributed by atoms with van der Waals surface area (Å²) in [6, 6.07) is 17.1. The highest BCUT2D eigenvalue weighted by Gasteiger charge is 2.04. The summed E-state index contributed by atoms with van der Waals surface area (Å²) in [5.41, 5.74) is 2.25. The zero-order valence-electron chi connectivity index (χ0n) is 10.1. The van der Waals surface area contributed by atoms with Gasteiger partial charge in [-0.05, 0) is 28.8 Å². The Bertz CT molecular complexity index is 683. The van der Waals surface area contributed by atoms with Crippen LogP contribution in [0.4, 0.5) is 0 Å². The number of fused-ring (bicyclic) bond motifs is 3. The van der Waals surface area contributed by atoms with Crippen molar-refractivity contribution in [1.82, 2.24) is 4.98 Å². The molecule has 0 unspecified atom stereocenters. The van der Waals surface area contributed by atoms with Gasteiger partial charge in [0.05, 0.1) is 5.52 Å². The van der Waals surface area contributed by atoms with Crippen LogP contribution in [-0.2, 0) is 0 Å². The monoisotopic (exact) mass is 221 g/mol. The molecular formula is C16H15N. The van der Waals surface area contributed by atoms with Gasteiger partial charge in [0.2, 0.25) is 0 Å². The van der Waals surface area contributed by atoms with E-state index in [2.05, 4.69) is 62.4 Å². The Morgan fingerprint density at radius 2 is 1.65 bits per heavy atom. The lowest BCUT2D eigenvalue weighted by molar-refractivity contribution is 0.830. The normalized spacial score (nSPS) is 11.5. The van der Waals surface area contributed by atoms with Crippen molar-refractivity contribution in [3.05, 3.63) is 54.2 Å². The fourth-order valence-electron chi connectivity index (χ4n) is 2.22. The van der Waals surface area contributed by atoms with Crippen LogP contribution in [0.1, 0.15) is 25.5 Å². The first kappa shape index (κ1) is 10.3. The molecule has 0 aliphatic rings. The van der Waals surface area contributed by atoms with Gasteiger partial charge < -0.3 is 0 Å². The van der Waals surface area contributed by atoms with Crippen LogP contribution in [0.15, 0.2) is 48.5 Å². The number of aromatic nitrogens is 1. The molecule has 84 valence electrons. The van der Waals surface area contributed by atoms with E-state index in [4.69, 9.17) is 4.98 Å². The maximum absolute atomic E-state index is 4.72. The van der Waals surface area contributed by atoms with Gasteiger partial charge in [-0.3, -0.25) is 4.98 Å². The SMILES string of the molecule is CC(C)c1ccc2c(ccc3ccccc32)n1. The summed E-state index contributed by atoms with van der Waals surface area (Å²) in [7, 11) is 0. The summed E-state index contributed by atoms with van der Waals surface area (Å²) in [6.45, 7) is 4.35. The molecule has 0 N–H and O–H groups in total. The van der Waals surface area contributed by atoms with Crippen LogP contribution in [0.2, 0.25) is 0 Å². The van der Waals surface area contributed by atoms with E-state index in [0.717, 1.165) is 11.2 Å². The van der Waals surface area contributed by atoms with Crippen molar-refractivity contribution < 1.29 is 0 Å². The Labute approximate surface area is 101 Å². The first-order valence-electron chi connectivity index (χ1n) is 6.04. The van der Waals surface area contributed by atoms with E-state index in [1.165, 1.54) is 16.2 Å². The third-order valence-electron chi connectivity index (χ3n) is 3.21. The maximum atomic E-state index is 4.72. The Morgan fingerprint density at radius 1 is 0.824 bits per heavy atom. The predicted octanol–water partition coefficient (Wildman–Crippen LogP) is 4.51. The molecule has 0 saturated heterocycles. The lowest BCUT2D eigenvalue weighted by atomic mass is 10.0. The molecule has 1 aromatic heterocycles. The minimum Gasteiger partial charge on any atom is -0.253 e. The van der Waals surface area contributed by atoms with Crippen LogP contribution >= 0.6 is 0 Å². The van der Waals surface area contributed by atoms with Gasteiger partial charge in [-0.1, -0.05) is 50.2 Å². The van der Waals surface area contributed by atoms with Crippen molar-refractivity contribution >= 4 is 21.7 Å². The Hall–Kier alpha value is -1.89. The van der Waals surface area contributed by atoms with Gasteiger partial charge >= 0.3 is 0 Å². The van der Waals surface area contributed by atoms with Crippen molar-refractivity contribution in [3.63, 3.8) is 0 Å². The lowest BCUT2D eigenvalue weighted by Crippen LogP contribution is -1.92. The van der Waals surface area contributed by atoms with E-state index in [1.54, 1.807) is 0 Å². The zero-order valence-corrected chi connectivity index (χ0v) is 10.1. The topological polar surface area (TPSA) is 12.9 Å². The minimum atomic E-state index is 0.478. The standard InChI is InChI=1S/C16H15N/c1-11(2)15-10-8-14-13-6-4-3-5-12(13)7-9-16(14)17-15/h3-11H,1-2H3. The Balaban J connectivity index is 2.37.